The van der Waals surface area contributed by atoms with Crippen molar-refractivity contribution < 1.29 is 14.3 Å². The molecule has 0 heterocycles. The second kappa shape index (κ2) is 16.1. The van der Waals surface area contributed by atoms with Crippen LogP contribution < -0.4 is 0 Å². The number of carbonyl (C=O) groups is 1. The Morgan fingerprint density at radius 1 is 0.259 bits per heavy atom. The van der Waals surface area contributed by atoms with Gasteiger partial charge in [-0.2, -0.15) is 0 Å². The van der Waals surface area contributed by atoms with Gasteiger partial charge >= 0.3 is 6.16 Å². The maximum atomic E-state index is 14.1. The molecule has 0 radical (unpaired) electrons. The molecule has 0 aliphatic carbocycles. The topological polar surface area (TPSA) is 35.5 Å². The first kappa shape index (κ1) is 34.1. The Bertz CT molecular complexity index is 2050. The molecule has 0 saturated carbocycles. The Morgan fingerprint density at radius 3 is 0.648 bits per heavy atom. The van der Waals surface area contributed by atoms with E-state index in [2.05, 4.69) is 97.1 Å². The molecule has 0 aliphatic rings. The van der Waals surface area contributed by atoms with Crippen LogP contribution in [0.3, 0.4) is 0 Å². The van der Waals surface area contributed by atoms with Crippen LogP contribution in [0.2, 0.25) is 0 Å². The van der Waals surface area contributed by atoms with Gasteiger partial charge in [-0.25, -0.2) is 4.79 Å². The summed E-state index contributed by atoms with van der Waals surface area (Å²) >= 11 is 0. The summed E-state index contributed by atoms with van der Waals surface area (Å²) in [7, 11) is 0. The van der Waals surface area contributed by atoms with Gasteiger partial charge in [-0.05, 0) is 66.8 Å². The average molecular weight is 699 g/mol. The number of carbonyl (C=O) groups excluding carboxylic acids is 1. The van der Waals surface area contributed by atoms with Crippen LogP contribution >= 0.6 is 0 Å². The lowest BCUT2D eigenvalue weighted by molar-refractivity contribution is 0.0166. The number of ether oxygens (including phenoxy) is 2. The quantitative estimate of drug-likeness (QED) is 0.133. The fourth-order valence-electron chi connectivity index (χ4n) is 6.80. The van der Waals surface area contributed by atoms with Gasteiger partial charge in [-0.15, -0.1) is 0 Å². The second-order valence-electron chi connectivity index (χ2n) is 13.2. The summed E-state index contributed by atoms with van der Waals surface area (Å²) in [6.45, 7) is 0. The van der Waals surface area contributed by atoms with Crippen LogP contribution in [-0.2, 0) is 9.47 Å². The molecule has 0 saturated heterocycles. The highest BCUT2D eigenvalue weighted by atomic mass is 16.7. The molecule has 0 atom stereocenters. The van der Waals surface area contributed by atoms with Crippen molar-refractivity contribution in [2.75, 3.05) is 0 Å². The van der Waals surface area contributed by atoms with Crippen molar-refractivity contribution >= 4 is 6.16 Å². The molecule has 0 aliphatic heterocycles. The van der Waals surface area contributed by atoms with Gasteiger partial charge in [0, 0.05) is 0 Å². The van der Waals surface area contributed by atoms with E-state index in [-0.39, 0.29) is 0 Å². The van der Waals surface area contributed by atoms with Crippen LogP contribution in [0.15, 0.2) is 218 Å². The molecule has 0 amide bonds. The lowest BCUT2D eigenvalue weighted by atomic mass is 9.96. The molecular formula is C51H38O3. The summed E-state index contributed by atoms with van der Waals surface area (Å²) in [6.07, 6.45) is -2.16. The van der Waals surface area contributed by atoms with Crippen LogP contribution in [0.5, 0.6) is 0 Å². The van der Waals surface area contributed by atoms with Gasteiger partial charge in [0.25, 0.3) is 0 Å². The molecule has 0 bridgehead atoms. The summed E-state index contributed by atoms with van der Waals surface area (Å²) in [5.74, 6) is 0. The Labute approximate surface area is 316 Å². The van der Waals surface area contributed by atoms with Crippen molar-refractivity contribution in [1.82, 2.24) is 0 Å². The largest absolute Gasteiger partial charge is 0.510 e. The first-order valence-electron chi connectivity index (χ1n) is 18.2. The van der Waals surface area contributed by atoms with Crippen molar-refractivity contribution in [2.24, 2.45) is 0 Å². The van der Waals surface area contributed by atoms with Gasteiger partial charge in [-0.1, -0.05) is 218 Å². The van der Waals surface area contributed by atoms with Gasteiger partial charge in [0.15, 0.2) is 12.2 Å². The molecule has 8 aromatic rings. The number of benzene rings is 8. The summed E-state index contributed by atoms with van der Waals surface area (Å²) in [5.41, 5.74) is 12.2. The predicted molar refractivity (Wildman–Crippen MR) is 219 cm³/mol. The minimum absolute atomic E-state index is 0.700. The Kier molecular flexibility index (Phi) is 10.2. The first-order valence-corrected chi connectivity index (χ1v) is 18.2. The van der Waals surface area contributed by atoms with Crippen LogP contribution in [0.4, 0.5) is 4.79 Å². The van der Waals surface area contributed by atoms with Crippen molar-refractivity contribution in [2.45, 2.75) is 12.2 Å². The molecule has 0 N–H and O–H groups in total. The normalized spacial score (nSPS) is 11.0. The van der Waals surface area contributed by atoms with Crippen molar-refractivity contribution in [1.29, 1.82) is 0 Å². The molecule has 0 aromatic heterocycles. The van der Waals surface area contributed by atoms with Gasteiger partial charge in [0.2, 0.25) is 0 Å². The fraction of sp³-hybridized carbons (Fsp3) is 0.0392. The van der Waals surface area contributed by atoms with Gasteiger partial charge < -0.3 is 9.47 Å². The standard InChI is InChI=1S/C51H38O3/c52-51(53-49(45-29-21-41(22-30-45)37-13-5-1-6-14-37)46-31-23-42(24-32-46)38-15-7-2-8-16-38)54-50(47-33-25-43(26-34-47)39-17-9-3-10-18-39)48-35-27-44(28-36-48)40-19-11-4-12-20-40/h1-36,49-50H. The molecule has 3 heteroatoms. The third-order valence-corrected chi connectivity index (χ3v) is 9.71. The van der Waals surface area contributed by atoms with Crippen LogP contribution in [0.1, 0.15) is 34.5 Å². The van der Waals surface area contributed by atoms with E-state index in [1.165, 1.54) is 0 Å². The van der Waals surface area contributed by atoms with E-state index < -0.39 is 18.4 Å². The predicted octanol–water partition coefficient (Wildman–Crippen LogP) is 13.4. The van der Waals surface area contributed by atoms with Crippen LogP contribution in [0, 0.1) is 0 Å². The van der Waals surface area contributed by atoms with Crippen LogP contribution in [-0.4, -0.2) is 6.16 Å². The van der Waals surface area contributed by atoms with Crippen molar-refractivity contribution in [3.05, 3.63) is 241 Å². The monoisotopic (exact) mass is 698 g/mol. The van der Waals surface area contributed by atoms with Gasteiger partial charge in [-0.3, -0.25) is 0 Å². The lowest BCUT2D eigenvalue weighted by Crippen LogP contribution is -2.18. The molecule has 54 heavy (non-hydrogen) atoms. The minimum atomic E-state index is -0.761. The number of hydrogen-bond acceptors (Lipinski definition) is 3. The fourth-order valence-corrected chi connectivity index (χ4v) is 6.80. The van der Waals surface area contributed by atoms with Gasteiger partial charge in [0.05, 0.1) is 0 Å². The molecule has 3 nitrogen and oxygen atoms in total. The SMILES string of the molecule is O=C(OC(c1ccc(-c2ccccc2)cc1)c1ccc(-c2ccccc2)cc1)OC(c1ccc(-c2ccccc2)cc1)c1ccc(-c2ccccc2)cc1. The highest BCUT2D eigenvalue weighted by Crippen LogP contribution is 2.34. The Hall–Kier alpha value is -6.97. The highest BCUT2D eigenvalue weighted by molar-refractivity contribution is 5.68. The van der Waals surface area contributed by atoms with E-state index in [1.54, 1.807) is 0 Å². The average Bonchev–Trinajstić information content (AvgIpc) is 3.26. The van der Waals surface area contributed by atoms with E-state index in [0.29, 0.717) is 0 Å². The Balaban J connectivity index is 1.11. The van der Waals surface area contributed by atoms with Crippen molar-refractivity contribution in [3.63, 3.8) is 0 Å². The van der Waals surface area contributed by atoms with E-state index >= 15 is 0 Å². The molecular weight excluding hydrogens is 661 g/mol. The van der Waals surface area contributed by atoms with E-state index in [0.717, 1.165) is 66.8 Å². The van der Waals surface area contributed by atoms with Crippen LogP contribution in [0.25, 0.3) is 44.5 Å². The number of hydrogen-bond donors (Lipinski definition) is 0. The zero-order chi connectivity index (χ0) is 36.5. The molecule has 8 aromatic carbocycles. The highest BCUT2D eigenvalue weighted by Gasteiger charge is 2.25. The van der Waals surface area contributed by atoms with Crippen molar-refractivity contribution in [3.8, 4) is 44.5 Å². The summed E-state index contributed by atoms with van der Waals surface area (Å²) in [5, 5.41) is 0. The molecule has 0 unspecified atom stereocenters. The van der Waals surface area contributed by atoms with E-state index in [1.807, 2.05) is 121 Å². The number of rotatable bonds is 10. The maximum absolute atomic E-state index is 14.1. The molecule has 0 fully saturated rings. The smallest absolute Gasteiger partial charge is 0.421 e. The Morgan fingerprint density at radius 2 is 0.444 bits per heavy atom. The zero-order valence-corrected chi connectivity index (χ0v) is 29.7. The third-order valence-electron chi connectivity index (χ3n) is 9.71. The summed E-state index contributed by atoms with van der Waals surface area (Å²) in [6, 6.07) is 73.6. The molecule has 8 rings (SSSR count). The third kappa shape index (κ3) is 7.91. The summed E-state index contributed by atoms with van der Waals surface area (Å²) < 4.78 is 12.6. The van der Waals surface area contributed by atoms with E-state index in [9.17, 15) is 4.79 Å². The maximum Gasteiger partial charge on any atom is 0.510 e. The zero-order valence-electron chi connectivity index (χ0n) is 29.7. The molecule has 260 valence electrons. The van der Waals surface area contributed by atoms with E-state index in [4.69, 9.17) is 9.47 Å². The minimum Gasteiger partial charge on any atom is -0.421 e. The molecule has 0 spiro atoms. The first-order chi connectivity index (χ1) is 26.7. The summed E-state index contributed by atoms with van der Waals surface area (Å²) in [4.78, 5) is 14.1. The second-order valence-corrected chi connectivity index (χ2v) is 13.2. The lowest BCUT2D eigenvalue weighted by Gasteiger charge is -2.23. The van der Waals surface area contributed by atoms with Gasteiger partial charge in [0.1, 0.15) is 0 Å².